The summed E-state index contributed by atoms with van der Waals surface area (Å²) in [4.78, 5) is 2.44. The summed E-state index contributed by atoms with van der Waals surface area (Å²) in [5, 5.41) is 3.96. The van der Waals surface area contributed by atoms with Crippen molar-refractivity contribution >= 4 is 5.69 Å². The van der Waals surface area contributed by atoms with Gasteiger partial charge in [0.15, 0.2) is 0 Å². The van der Waals surface area contributed by atoms with E-state index < -0.39 is 0 Å². The minimum absolute atomic E-state index is 0.882. The number of fused-ring (bicyclic) bond motifs is 1. The van der Waals surface area contributed by atoms with Crippen molar-refractivity contribution in [1.29, 1.82) is 0 Å². The molecule has 0 aliphatic carbocycles. The molecule has 0 saturated heterocycles. The second-order valence-corrected chi connectivity index (χ2v) is 5.38. The third kappa shape index (κ3) is 2.31. The van der Waals surface area contributed by atoms with Gasteiger partial charge in [-0.25, -0.2) is 0 Å². The molecule has 0 fully saturated rings. The van der Waals surface area contributed by atoms with Gasteiger partial charge >= 0.3 is 0 Å². The summed E-state index contributed by atoms with van der Waals surface area (Å²) in [7, 11) is 0. The minimum atomic E-state index is 0.882. The van der Waals surface area contributed by atoms with Gasteiger partial charge in [-0.2, -0.15) is 0 Å². The summed E-state index contributed by atoms with van der Waals surface area (Å²) >= 11 is 0. The minimum Gasteiger partial charge on any atom is -0.367 e. The van der Waals surface area contributed by atoms with Crippen LogP contribution in [0, 0.1) is 0 Å². The summed E-state index contributed by atoms with van der Waals surface area (Å²) in [6, 6.07) is 19.1. The van der Waals surface area contributed by atoms with E-state index >= 15 is 0 Å². The molecular formula is C18H16N2O. The van der Waals surface area contributed by atoms with Crippen molar-refractivity contribution in [2.75, 3.05) is 11.4 Å². The van der Waals surface area contributed by atoms with Crippen molar-refractivity contribution in [1.82, 2.24) is 5.16 Å². The van der Waals surface area contributed by atoms with Crippen LogP contribution in [0.4, 0.5) is 5.69 Å². The molecule has 0 saturated carbocycles. The number of anilines is 1. The predicted molar refractivity (Wildman–Crippen MR) is 83.1 cm³/mol. The van der Waals surface area contributed by atoms with Crippen molar-refractivity contribution in [3.05, 3.63) is 72.0 Å². The first-order valence-electron chi connectivity index (χ1n) is 7.23. The molecule has 0 unspecified atom stereocenters. The van der Waals surface area contributed by atoms with Gasteiger partial charge in [0.2, 0.25) is 0 Å². The molecule has 2 aromatic carbocycles. The monoisotopic (exact) mass is 276 g/mol. The van der Waals surface area contributed by atoms with Gasteiger partial charge in [0.1, 0.15) is 12.0 Å². The number of aromatic nitrogens is 1. The zero-order valence-electron chi connectivity index (χ0n) is 11.7. The van der Waals surface area contributed by atoms with Crippen LogP contribution in [0.2, 0.25) is 0 Å². The maximum absolute atomic E-state index is 4.89. The van der Waals surface area contributed by atoms with E-state index in [1.807, 2.05) is 6.07 Å². The number of nitrogens with zero attached hydrogens (tertiary/aromatic N) is 2. The maximum Gasteiger partial charge on any atom is 0.124 e. The fraction of sp³-hybridized carbons (Fsp3) is 0.167. The molecule has 0 spiro atoms. The van der Waals surface area contributed by atoms with Gasteiger partial charge in [0, 0.05) is 30.4 Å². The molecule has 4 rings (SSSR count). The van der Waals surface area contributed by atoms with Crippen molar-refractivity contribution in [2.24, 2.45) is 0 Å². The van der Waals surface area contributed by atoms with E-state index in [9.17, 15) is 0 Å². The lowest BCUT2D eigenvalue weighted by atomic mass is 10.1. The lowest BCUT2D eigenvalue weighted by molar-refractivity contribution is 0.422. The second kappa shape index (κ2) is 5.09. The van der Waals surface area contributed by atoms with E-state index in [1.54, 1.807) is 6.26 Å². The molecule has 104 valence electrons. The molecule has 2 heterocycles. The van der Waals surface area contributed by atoms with E-state index in [1.165, 1.54) is 16.8 Å². The highest BCUT2D eigenvalue weighted by Gasteiger charge is 2.18. The highest BCUT2D eigenvalue weighted by atomic mass is 16.5. The van der Waals surface area contributed by atoms with Gasteiger partial charge in [0.05, 0.1) is 0 Å². The highest BCUT2D eigenvalue weighted by Crippen LogP contribution is 2.29. The first-order chi connectivity index (χ1) is 10.4. The molecule has 3 aromatic rings. The molecule has 0 atom stereocenters. The second-order valence-electron chi connectivity index (χ2n) is 5.38. The van der Waals surface area contributed by atoms with Crippen LogP contribution in [-0.2, 0) is 13.0 Å². The van der Waals surface area contributed by atoms with Crippen molar-refractivity contribution in [3.8, 4) is 11.3 Å². The summed E-state index contributed by atoms with van der Waals surface area (Å²) in [6.07, 6.45) is 2.75. The fourth-order valence-corrected chi connectivity index (χ4v) is 2.93. The zero-order valence-corrected chi connectivity index (χ0v) is 11.7. The van der Waals surface area contributed by atoms with Gasteiger partial charge in [-0.3, -0.25) is 0 Å². The normalized spacial score (nSPS) is 13.4. The molecule has 0 N–H and O–H groups in total. The van der Waals surface area contributed by atoms with Gasteiger partial charge < -0.3 is 9.42 Å². The molecule has 21 heavy (non-hydrogen) atoms. The van der Waals surface area contributed by atoms with Crippen LogP contribution in [0.15, 0.2) is 65.4 Å². The molecule has 1 aliphatic rings. The quantitative estimate of drug-likeness (QED) is 0.726. The summed E-state index contributed by atoms with van der Waals surface area (Å²) < 4.78 is 4.89. The van der Waals surface area contributed by atoms with Crippen LogP contribution in [0.5, 0.6) is 0 Å². The predicted octanol–water partition coefficient (Wildman–Crippen LogP) is 3.90. The number of para-hydroxylation sites is 1. The SMILES string of the molecule is c1ccc2c(c1)CCN2Cc1ccc(-c2ccon2)cc1. The van der Waals surface area contributed by atoms with Crippen LogP contribution in [0.3, 0.4) is 0 Å². The van der Waals surface area contributed by atoms with Crippen LogP contribution in [0.1, 0.15) is 11.1 Å². The third-order valence-corrected chi connectivity index (χ3v) is 4.04. The average Bonchev–Trinajstić information content (AvgIpc) is 3.19. The lowest BCUT2D eigenvalue weighted by Gasteiger charge is -2.19. The van der Waals surface area contributed by atoms with Gasteiger partial charge in [-0.1, -0.05) is 47.6 Å². The first-order valence-corrected chi connectivity index (χ1v) is 7.23. The summed E-state index contributed by atoms with van der Waals surface area (Å²) in [5.41, 5.74) is 6.12. The van der Waals surface area contributed by atoms with E-state index in [-0.39, 0.29) is 0 Å². The van der Waals surface area contributed by atoms with Crippen molar-refractivity contribution in [3.63, 3.8) is 0 Å². The Bertz CT molecular complexity index is 732. The molecule has 3 nitrogen and oxygen atoms in total. The van der Waals surface area contributed by atoms with Crippen LogP contribution in [-0.4, -0.2) is 11.7 Å². The maximum atomic E-state index is 4.89. The molecule has 0 radical (unpaired) electrons. The topological polar surface area (TPSA) is 29.3 Å². The molecule has 1 aliphatic heterocycles. The Balaban J connectivity index is 1.53. The Morgan fingerprint density at radius 2 is 1.86 bits per heavy atom. The Labute approximate surface area is 123 Å². The average molecular weight is 276 g/mol. The van der Waals surface area contributed by atoms with Crippen molar-refractivity contribution in [2.45, 2.75) is 13.0 Å². The number of rotatable bonds is 3. The third-order valence-electron chi connectivity index (χ3n) is 4.04. The smallest absolute Gasteiger partial charge is 0.124 e. The summed E-state index contributed by atoms with van der Waals surface area (Å²) in [6.45, 7) is 2.06. The molecule has 0 amide bonds. The van der Waals surface area contributed by atoms with E-state index in [0.29, 0.717) is 0 Å². The van der Waals surface area contributed by atoms with Gasteiger partial charge in [-0.15, -0.1) is 0 Å². The largest absolute Gasteiger partial charge is 0.367 e. The highest BCUT2D eigenvalue weighted by molar-refractivity contribution is 5.60. The molecule has 1 aromatic heterocycles. The van der Waals surface area contributed by atoms with Gasteiger partial charge in [-0.05, 0) is 23.6 Å². The zero-order chi connectivity index (χ0) is 14.1. The van der Waals surface area contributed by atoms with E-state index in [4.69, 9.17) is 4.52 Å². The fourth-order valence-electron chi connectivity index (χ4n) is 2.93. The molecule has 3 heteroatoms. The Kier molecular flexibility index (Phi) is 2.96. The Hall–Kier alpha value is -2.55. The van der Waals surface area contributed by atoms with Crippen LogP contribution >= 0.6 is 0 Å². The number of benzene rings is 2. The Morgan fingerprint density at radius 3 is 2.67 bits per heavy atom. The standard InChI is InChI=1S/C18H16N2O/c1-2-4-18-16(3-1)9-11-20(18)13-14-5-7-15(8-6-14)17-10-12-21-19-17/h1-8,10,12H,9,11,13H2. The number of hydrogen-bond acceptors (Lipinski definition) is 3. The van der Waals surface area contributed by atoms with E-state index in [2.05, 4.69) is 58.6 Å². The Morgan fingerprint density at radius 1 is 1.00 bits per heavy atom. The van der Waals surface area contributed by atoms with Crippen LogP contribution < -0.4 is 4.90 Å². The summed E-state index contributed by atoms with van der Waals surface area (Å²) in [5.74, 6) is 0. The molecule has 0 bridgehead atoms. The van der Waals surface area contributed by atoms with Crippen LogP contribution in [0.25, 0.3) is 11.3 Å². The molecular weight excluding hydrogens is 260 g/mol. The van der Waals surface area contributed by atoms with Gasteiger partial charge in [0.25, 0.3) is 0 Å². The lowest BCUT2D eigenvalue weighted by Crippen LogP contribution is -2.19. The van der Waals surface area contributed by atoms with Crippen molar-refractivity contribution < 1.29 is 4.52 Å². The first kappa shape index (κ1) is 12.2. The number of hydrogen-bond donors (Lipinski definition) is 0. The van der Waals surface area contributed by atoms with E-state index in [0.717, 1.165) is 30.8 Å².